The number of fused-ring (bicyclic) bond motifs is 1. The molecule has 0 fully saturated rings. The summed E-state index contributed by atoms with van der Waals surface area (Å²) in [6.45, 7) is 0.107. The number of halogens is 1. The highest BCUT2D eigenvalue weighted by atomic mass is 35.5. The number of carbonyl (C=O) groups excluding carboxylic acids is 1. The van der Waals surface area contributed by atoms with Crippen molar-refractivity contribution in [2.75, 3.05) is 12.1 Å². The monoisotopic (exact) mass is 354 g/mol. The number of hydrogen-bond donors (Lipinski definition) is 2. The summed E-state index contributed by atoms with van der Waals surface area (Å²) >= 11 is 5.70. The van der Waals surface area contributed by atoms with Crippen molar-refractivity contribution in [2.24, 2.45) is 0 Å². The van der Waals surface area contributed by atoms with Crippen LogP contribution in [0.2, 0.25) is 5.02 Å². The first kappa shape index (κ1) is 15.4. The molecule has 0 unspecified atom stereocenters. The minimum atomic E-state index is -3.98. The van der Waals surface area contributed by atoms with Crippen LogP contribution in [0.1, 0.15) is 0 Å². The summed E-state index contributed by atoms with van der Waals surface area (Å²) in [6.07, 6.45) is 0. The fraction of sp³-hybridized carbons (Fsp3) is 0.0714. The number of rotatable bonds is 3. The Balaban J connectivity index is 1.70. The second-order valence-electron chi connectivity index (χ2n) is 4.58. The van der Waals surface area contributed by atoms with Gasteiger partial charge in [-0.1, -0.05) is 11.6 Å². The number of ether oxygens (including phenoxy) is 2. The van der Waals surface area contributed by atoms with E-state index in [1.165, 1.54) is 30.3 Å². The Morgan fingerprint density at radius 2 is 1.74 bits per heavy atom. The number of nitrogens with one attached hydrogen (secondary N) is 2. The van der Waals surface area contributed by atoms with Crippen molar-refractivity contribution in [1.29, 1.82) is 0 Å². The second kappa shape index (κ2) is 5.98. The molecule has 3 rings (SSSR count). The highest BCUT2D eigenvalue weighted by molar-refractivity contribution is 7.90. The van der Waals surface area contributed by atoms with Gasteiger partial charge in [0.2, 0.25) is 6.79 Å². The maximum Gasteiger partial charge on any atom is 0.333 e. The van der Waals surface area contributed by atoms with Crippen LogP contribution in [0.3, 0.4) is 0 Å². The van der Waals surface area contributed by atoms with Crippen molar-refractivity contribution in [1.82, 2.24) is 4.72 Å². The van der Waals surface area contributed by atoms with E-state index < -0.39 is 16.1 Å². The molecule has 23 heavy (non-hydrogen) atoms. The third-order valence-electron chi connectivity index (χ3n) is 2.98. The lowest BCUT2D eigenvalue weighted by Gasteiger charge is -2.09. The number of amides is 2. The maximum absolute atomic E-state index is 12.1. The van der Waals surface area contributed by atoms with Gasteiger partial charge in [0.05, 0.1) is 4.90 Å². The SMILES string of the molecule is O=C(Nc1ccc2c(c1)OCO2)NS(=O)(=O)c1ccc(Cl)cc1. The molecule has 1 aliphatic heterocycles. The highest BCUT2D eigenvalue weighted by Gasteiger charge is 2.19. The van der Waals surface area contributed by atoms with Crippen molar-refractivity contribution >= 4 is 33.3 Å². The summed E-state index contributed by atoms with van der Waals surface area (Å²) in [7, 11) is -3.98. The van der Waals surface area contributed by atoms with E-state index >= 15 is 0 Å². The Bertz CT molecular complexity index is 852. The summed E-state index contributed by atoms with van der Waals surface area (Å²) < 4.78 is 36.4. The third-order valence-corrected chi connectivity index (χ3v) is 4.58. The van der Waals surface area contributed by atoms with Crippen molar-refractivity contribution in [3.8, 4) is 11.5 Å². The molecule has 2 N–H and O–H groups in total. The van der Waals surface area contributed by atoms with Gasteiger partial charge in [0.25, 0.3) is 10.0 Å². The Hall–Kier alpha value is -2.45. The van der Waals surface area contributed by atoms with Crippen LogP contribution < -0.4 is 19.5 Å². The standard InChI is InChI=1S/C14H11ClN2O5S/c15-9-1-4-11(5-2-9)23(19,20)17-14(18)16-10-3-6-12-13(7-10)22-8-21-12/h1-7H,8H2,(H2,16,17,18). The molecule has 1 heterocycles. The fourth-order valence-corrected chi connectivity index (χ4v) is 2.96. The van der Waals surface area contributed by atoms with E-state index in [-0.39, 0.29) is 11.7 Å². The molecule has 120 valence electrons. The van der Waals surface area contributed by atoms with Gasteiger partial charge in [-0.3, -0.25) is 0 Å². The van der Waals surface area contributed by atoms with Crippen LogP contribution in [-0.2, 0) is 10.0 Å². The molecule has 0 aromatic heterocycles. The zero-order valence-electron chi connectivity index (χ0n) is 11.6. The summed E-state index contributed by atoms with van der Waals surface area (Å²) in [5, 5.41) is 2.82. The molecule has 2 amide bonds. The zero-order valence-corrected chi connectivity index (χ0v) is 13.1. The van der Waals surface area contributed by atoms with Gasteiger partial charge in [0.1, 0.15) is 0 Å². The molecule has 2 aromatic carbocycles. The van der Waals surface area contributed by atoms with Gasteiger partial charge in [0, 0.05) is 16.8 Å². The van der Waals surface area contributed by atoms with Gasteiger partial charge >= 0.3 is 6.03 Å². The number of benzene rings is 2. The minimum Gasteiger partial charge on any atom is -0.454 e. The first-order chi connectivity index (χ1) is 10.9. The molecule has 0 saturated carbocycles. The van der Waals surface area contributed by atoms with Crippen LogP contribution in [-0.4, -0.2) is 21.2 Å². The van der Waals surface area contributed by atoms with E-state index in [0.29, 0.717) is 22.2 Å². The first-order valence-electron chi connectivity index (χ1n) is 6.43. The number of carbonyl (C=O) groups is 1. The topological polar surface area (TPSA) is 93.7 Å². The number of anilines is 1. The molecule has 0 atom stereocenters. The second-order valence-corrected chi connectivity index (χ2v) is 6.70. The number of hydrogen-bond acceptors (Lipinski definition) is 5. The Kier molecular flexibility index (Phi) is 4.01. The average molecular weight is 355 g/mol. The highest BCUT2D eigenvalue weighted by Crippen LogP contribution is 2.34. The third kappa shape index (κ3) is 3.49. The normalized spacial score (nSPS) is 12.7. The van der Waals surface area contributed by atoms with E-state index in [1.807, 2.05) is 4.72 Å². The molecule has 1 aliphatic rings. The first-order valence-corrected chi connectivity index (χ1v) is 8.29. The van der Waals surface area contributed by atoms with Gasteiger partial charge < -0.3 is 14.8 Å². The number of sulfonamides is 1. The van der Waals surface area contributed by atoms with Gasteiger partial charge in [-0.25, -0.2) is 17.9 Å². The zero-order chi connectivity index (χ0) is 16.4. The molecule has 0 bridgehead atoms. The van der Waals surface area contributed by atoms with Crippen LogP contribution in [0.25, 0.3) is 0 Å². The lowest BCUT2D eigenvalue weighted by molar-refractivity contribution is 0.174. The van der Waals surface area contributed by atoms with Crippen LogP contribution in [0.5, 0.6) is 11.5 Å². The molecule has 7 nitrogen and oxygen atoms in total. The minimum absolute atomic E-state index is 0.0669. The smallest absolute Gasteiger partial charge is 0.333 e. The van der Waals surface area contributed by atoms with Gasteiger partial charge in [-0.05, 0) is 36.4 Å². The van der Waals surface area contributed by atoms with E-state index in [1.54, 1.807) is 12.1 Å². The predicted molar refractivity (Wildman–Crippen MR) is 83.4 cm³/mol. The van der Waals surface area contributed by atoms with Gasteiger partial charge in [0.15, 0.2) is 11.5 Å². The van der Waals surface area contributed by atoms with Gasteiger partial charge in [-0.15, -0.1) is 0 Å². The quantitative estimate of drug-likeness (QED) is 0.883. The van der Waals surface area contributed by atoms with E-state index in [4.69, 9.17) is 21.1 Å². The van der Waals surface area contributed by atoms with Crippen LogP contribution >= 0.6 is 11.6 Å². The molecule has 0 radical (unpaired) electrons. The summed E-state index contributed by atoms with van der Waals surface area (Å²) in [5.41, 5.74) is 0.373. The average Bonchev–Trinajstić information content (AvgIpc) is 2.94. The molecule has 9 heteroatoms. The van der Waals surface area contributed by atoms with E-state index in [0.717, 1.165) is 0 Å². The molecule has 0 aliphatic carbocycles. The van der Waals surface area contributed by atoms with Gasteiger partial charge in [-0.2, -0.15) is 0 Å². The Morgan fingerprint density at radius 3 is 2.48 bits per heavy atom. The summed E-state index contributed by atoms with van der Waals surface area (Å²) in [4.78, 5) is 11.8. The molecule has 2 aromatic rings. The lowest BCUT2D eigenvalue weighted by atomic mass is 10.3. The predicted octanol–water partition coefficient (Wildman–Crippen LogP) is 2.58. The van der Waals surface area contributed by atoms with Crippen LogP contribution in [0, 0.1) is 0 Å². The fourth-order valence-electron chi connectivity index (χ4n) is 1.93. The number of urea groups is 1. The molecule has 0 saturated heterocycles. The van der Waals surface area contributed by atoms with Crippen LogP contribution in [0.4, 0.5) is 10.5 Å². The van der Waals surface area contributed by atoms with Crippen molar-refractivity contribution in [2.45, 2.75) is 4.90 Å². The van der Waals surface area contributed by atoms with Crippen molar-refractivity contribution in [3.05, 3.63) is 47.5 Å². The summed E-state index contributed by atoms with van der Waals surface area (Å²) in [5.74, 6) is 1.04. The van der Waals surface area contributed by atoms with Crippen molar-refractivity contribution in [3.63, 3.8) is 0 Å². The molecular weight excluding hydrogens is 344 g/mol. The van der Waals surface area contributed by atoms with E-state index in [2.05, 4.69) is 5.32 Å². The Labute approximate surface area is 137 Å². The lowest BCUT2D eigenvalue weighted by Crippen LogP contribution is -2.34. The largest absolute Gasteiger partial charge is 0.454 e. The Morgan fingerprint density at radius 1 is 1.04 bits per heavy atom. The molecular formula is C14H11ClN2O5S. The van der Waals surface area contributed by atoms with Crippen molar-refractivity contribution < 1.29 is 22.7 Å². The summed E-state index contributed by atoms with van der Waals surface area (Å²) in [6, 6.07) is 9.29. The van der Waals surface area contributed by atoms with Crippen LogP contribution in [0.15, 0.2) is 47.4 Å². The van der Waals surface area contributed by atoms with E-state index in [9.17, 15) is 13.2 Å². The maximum atomic E-state index is 12.1. The molecule has 0 spiro atoms.